The van der Waals surface area contributed by atoms with Crippen LogP contribution in [0.4, 0.5) is 4.79 Å². The quantitative estimate of drug-likeness (QED) is 0.0765. The number of nitrogens with one attached hydrogen (secondary N) is 6. The molecule has 2 fully saturated rings. The summed E-state index contributed by atoms with van der Waals surface area (Å²) in [5.74, 6) is -11.0. The summed E-state index contributed by atoms with van der Waals surface area (Å²) in [6, 6.07) is -15.0. The van der Waals surface area contributed by atoms with Crippen molar-refractivity contribution >= 4 is 71.1 Å². The van der Waals surface area contributed by atoms with E-state index < -0.39 is 167 Å². The molecule has 2 heterocycles. The van der Waals surface area contributed by atoms with Crippen molar-refractivity contribution in [1.82, 2.24) is 66.2 Å². The van der Waals surface area contributed by atoms with Crippen LogP contribution in [0.1, 0.15) is 170 Å². The summed E-state index contributed by atoms with van der Waals surface area (Å²) < 4.78 is 17.2. The molecule has 0 bridgehead atoms. The topological polar surface area (TPSA) is 348 Å². The van der Waals surface area contributed by atoms with Crippen LogP contribution in [0, 0.1) is 35.5 Å². The average molecular weight is 1410 g/mol. The Hall–Kier alpha value is -6.72. The molecule has 0 aromatic rings. The lowest BCUT2D eigenvalue weighted by Crippen LogP contribution is -2.64. The normalized spacial score (nSPS) is 26.7. The molecule has 2 aliphatic heterocycles. The Labute approximate surface area is 590 Å². The van der Waals surface area contributed by atoms with Crippen LogP contribution in [0.15, 0.2) is 0 Å². The fourth-order valence-corrected chi connectivity index (χ4v) is 12.3. The Morgan fingerprint density at radius 2 is 1.00 bits per heavy atom. The number of rotatable bonds is 22. The van der Waals surface area contributed by atoms with Crippen molar-refractivity contribution in [2.75, 3.05) is 88.3 Å². The number of aliphatic hydroxyl groups excluding tert-OH is 1. The van der Waals surface area contributed by atoms with Gasteiger partial charge in [0.1, 0.15) is 66.5 Å². The lowest BCUT2D eigenvalue weighted by Gasteiger charge is -2.41. The van der Waals surface area contributed by atoms with E-state index in [1.807, 2.05) is 41.5 Å². The van der Waals surface area contributed by atoms with Gasteiger partial charge >= 0.3 is 6.09 Å². The molecule has 0 saturated carbocycles. The minimum atomic E-state index is -1.77. The van der Waals surface area contributed by atoms with E-state index in [1.165, 1.54) is 77.8 Å². The molecule has 29 heteroatoms. The molecule has 7 N–H and O–H groups in total. The van der Waals surface area contributed by atoms with Crippen LogP contribution in [0.5, 0.6) is 0 Å². The molecule has 0 unspecified atom stereocenters. The molecule has 0 aromatic carbocycles. The summed E-state index contributed by atoms with van der Waals surface area (Å²) in [6.07, 6.45) is -1.83. The number of hydrogen-bond donors (Lipinski definition) is 7. The van der Waals surface area contributed by atoms with Crippen LogP contribution < -0.4 is 31.9 Å². The first-order chi connectivity index (χ1) is 46.0. The Kier molecular flexibility index (Phi) is 37.4. The fourth-order valence-electron chi connectivity index (χ4n) is 12.3. The zero-order valence-corrected chi connectivity index (χ0v) is 64.1. The molecular formula is C70H127N13O16. The highest BCUT2D eigenvalue weighted by Gasteiger charge is 2.46. The van der Waals surface area contributed by atoms with Gasteiger partial charge in [-0.3, -0.25) is 57.6 Å². The van der Waals surface area contributed by atoms with Gasteiger partial charge in [0, 0.05) is 68.0 Å². The molecule has 0 radical (unpaired) electrons. The molecule has 2 rings (SSSR count). The summed E-state index contributed by atoms with van der Waals surface area (Å²) in [5, 5.41) is 28.7. The molecule has 12 amide bonds. The van der Waals surface area contributed by atoms with Gasteiger partial charge in [-0.15, -0.1) is 0 Å². The van der Waals surface area contributed by atoms with Gasteiger partial charge in [0.2, 0.25) is 65.0 Å². The Bertz CT molecular complexity index is 2670. The summed E-state index contributed by atoms with van der Waals surface area (Å²) in [7, 11) is 8.25. The summed E-state index contributed by atoms with van der Waals surface area (Å²) in [4.78, 5) is 185. The van der Waals surface area contributed by atoms with Gasteiger partial charge in [-0.25, -0.2) is 4.79 Å². The molecule has 0 aliphatic carbocycles. The van der Waals surface area contributed by atoms with E-state index in [0.717, 1.165) is 40.8 Å². The number of nitrogens with zero attached hydrogens (tertiary/aromatic N) is 7. The smallest absolute Gasteiger partial charge is 0.407 e. The molecule has 2 saturated heterocycles. The van der Waals surface area contributed by atoms with Crippen LogP contribution in [0.2, 0.25) is 0 Å². The fraction of sp³-hybridized carbons (Fsp3) is 0.829. The molecule has 99 heavy (non-hydrogen) atoms. The number of alkyl carbamates (subject to hydrolysis) is 1. The number of ether oxygens (including phenoxy) is 3. The predicted octanol–water partition coefficient (Wildman–Crippen LogP) is 2.35. The van der Waals surface area contributed by atoms with Crippen LogP contribution >= 0.6 is 0 Å². The molecule has 568 valence electrons. The molecular weight excluding hydrogens is 1280 g/mol. The largest absolute Gasteiger partial charge is 0.450 e. The van der Waals surface area contributed by atoms with Crippen molar-refractivity contribution in [2.45, 2.75) is 254 Å². The maximum atomic E-state index is 15.4. The van der Waals surface area contributed by atoms with Gasteiger partial charge < -0.3 is 80.6 Å². The summed E-state index contributed by atoms with van der Waals surface area (Å²) >= 11 is 0. The van der Waals surface area contributed by atoms with Crippen molar-refractivity contribution in [1.29, 1.82) is 0 Å². The van der Waals surface area contributed by atoms with Crippen LogP contribution in [0.25, 0.3) is 0 Å². The monoisotopic (exact) mass is 1410 g/mol. The van der Waals surface area contributed by atoms with Crippen LogP contribution in [-0.4, -0.2) is 284 Å². The van der Waals surface area contributed by atoms with E-state index >= 15 is 24.0 Å². The SMILES string of the molecule is CC[C@@H]1NC(=O)[C@H]([C@H](O)[C@H](C)CCOC(=O)NC(C)C)N(C)C(=O)[C@H](C(C)C)N(C)C(=O)[C@H](CC(C)C)N(C)C(=O)[C@H](CC(C)C)NC(=O)[C@@H](C)NC(=O)[C@H](C)NC(=O)[C@H](CC(C)C)N(C)C(=O)[C@H](C(C)C)NC(=O)[C@H]([C@@H](C)OCCCCN2CCOCC2)N(C)C(=O)[C@@H](C)N(C)C1=O. The zero-order chi connectivity index (χ0) is 75.8. The first kappa shape index (κ1) is 88.4. The Morgan fingerprint density at radius 1 is 0.515 bits per heavy atom. The second-order valence-corrected chi connectivity index (χ2v) is 29.5. The molecule has 0 spiro atoms. The standard InChI is InChI=1S/C70H127N13O16/c1-25-50-65(91)77(19)48(17)64(90)81(23)56(49(18)98-32-27-26-29-83-30-34-97-35-31-83)62(88)76-54(42(8)9)68(94)78(20)52(37-40(4)5)61(87)73-46(15)59(85)72-47(16)60(86)75-51(36-39(2)3)66(92)79(21)53(38-41(6)7)67(93)80(22)55(43(10)11)69(95)82(24)57(63(89)74-50)58(84)45(14)28-33-99-70(96)71-44(12)13/h39-58,84H,25-38H2,1-24H3,(H,71,96)(H,72,85)(H,73,87)(H,74,89)(H,75,86)(H,76,88)/t45-,46+,47-,48-,49-,50+,51+,52+,53+,54+,55+,56+,57+,58-/m1/s1. The van der Waals surface area contributed by atoms with E-state index in [9.17, 15) is 38.7 Å². The number of hydrogen-bond acceptors (Lipinski definition) is 17. The van der Waals surface area contributed by atoms with Gasteiger partial charge in [-0.05, 0) is 129 Å². The second-order valence-electron chi connectivity index (χ2n) is 29.5. The zero-order valence-electron chi connectivity index (χ0n) is 64.1. The first-order valence-electron chi connectivity index (χ1n) is 35.7. The van der Waals surface area contributed by atoms with E-state index in [0.29, 0.717) is 19.6 Å². The van der Waals surface area contributed by atoms with Gasteiger partial charge in [0.05, 0.1) is 32.0 Å². The highest BCUT2D eigenvalue weighted by Crippen LogP contribution is 2.25. The second kappa shape index (κ2) is 41.9. The third-order valence-corrected chi connectivity index (χ3v) is 18.6. The van der Waals surface area contributed by atoms with E-state index in [4.69, 9.17) is 14.2 Å². The molecule has 2 aliphatic rings. The van der Waals surface area contributed by atoms with E-state index in [1.54, 1.807) is 62.3 Å². The number of amides is 12. The van der Waals surface area contributed by atoms with Crippen molar-refractivity contribution in [3.8, 4) is 0 Å². The number of likely N-dealkylation sites (N-methyl/N-ethyl adjacent to an activating group) is 6. The van der Waals surface area contributed by atoms with Crippen LogP contribution in [0.3, 0.4) is 0 Å². The van der Waals surface area contributed by atoms with Crippen molar-refractivity contribution < 1.29 is 76.9 Å². The Balaban J connectivity index is 3.01. The highest BCUT2D eigenvalue weighted by atomic mass is 16.5. The number of unbranched alkanes of at least 4 members (excludes halogenated alkanes) is 1. The minimum absolute atomic E-state index is 0.000889. The van der Waals surface area contributed by atoms with Gasteiger partial charge in [-0.2, -0.15) is 0 Å². The maximum Gasteiger partial charge on any atom is 0.407 e. The van der Waals surface area contributed by atoms with E-state index in [-0.39, 0.29) is 69.1 Å². The predicted molar refractivity (Wildman–Crippen MR) is 376 cm³/mol. The molecule has 14 atom stereocenters. The lowest BCUT2D eigenvalue weighted by atomic mass is 9.91. The summed E-state index contributed by atoms with van der Waals surface area (Å²) in [6.45, 7) is 34.0. The number of morpholine rings is 1. The van der Waals surface area contributed by atoms with Crippen molar-refractivity contribution in [2.24, 2.45) is 35.5 Å². The van der Waals surface area contributed by atoms with Gasteiger partial charge in [0.25, 0.3) is 0 Å². The lowest BCUT2D eigenvalue weighted by molar-refractivity contribution is -0.157. The number of carbonyl (C=O) groups excluding carboxylic acids is 12. The third kappa shape index (κ3) is 26.6. The van der Waals surface area contributed by atoms with Crippen molar-refractivity contribution in [3.05, 3.63) is 0 Å². The van der Waals surface area contributed by atoms with Gasteiger partial charge in [0.15, 0.2) is 0 Å². The average Bonchev–Trinajstić information content (AvgIpc) is 0.809. The number of aliphatic hydroxyl groups is 1. The Morgan fingerprint density at radius 3 is 1.53 bits per heavy atom. The first-order valence-corrected chi connectivity index (χ1v) is 35.7. The highest BCUT2D eigenvalue weighted by molar-refractivity contribution is 6.00. The molecule has 0 aromatic heterocycles. The minimum Gasteiger partial charge on any atom is -0.450 e. The molecule has 29 nitrogen and oxygen atoms in total. The van der Waals surface area contributed by atoms with E-state index in [2.05, 4.69) is 36.8 Å². The summed E-state index contributed by atoms with van der Waals surface area (Å²) in [5.41, 5.74) is 0. The van der Waals surface area contributed by atoms with Gasteiger partial charge in [-0.1, -0.05) is 83.1 Å². The number of carbonyl (C=O) groups is 12. The third-order valence-electron chi connectivity index (χ3n) is 18.6. The van der Waals surface area contributed by atoms with Crippen LogP contribution in [-0.2, 0) is 67.0 Å². The maximum absolute atomic E-state index is 15.4. The van der Waals surface area contributed by atoms with Crippen molar-refractivity contribution in [3.63, 3.8) is 0 Å².